The summed E-state index contributed by atoms with van der Waals surface area (Å²) in [5, 5.41) is 8.72. The van der Waals surface area contributed by atoms with Gasteiger partial charge >= 0.3 is 0 Å². The summed E-state index contributed by atoms with van der Waals surface area (Å²) in [6.45, 7) is 3.45. The predicted octanol–water partition coefficient (Wildman–Crippen LogP) is 3.28. The van der Waals surface area contributed by atoms with E-state index in [1.165, 1.54) is 37.1 Å². The SMILES string of the molecule is NC1CCC(Oc2ccc3nnc(CCN4CCCC4)n3c2)c2ccccc21. The summed E-state index contributed by atoms with van der Waals surface area (Å²) >= 11 is 0. The molecule has 1 saturated heterocycles. The lowest BCUT2D eigenvalue weighted by molar-refractivity contribution is 0.176. The topological polar surface area (TPSA) is 68.7 Å². The lowest BCUT2D eigenvalue weighted by atomic mass is 9.86. The zero-order chi connectivity index (χ0) is 18.9. The van der Waals surface area contributed by atoms with E-state index in [1.807, 2.05) is 18.3 Å². The van der Waals surface area contributed by atoms with Crippen molar-refractivity contribution in [3.8, 4) is 5.75 Å². The van der Waals surface area contributed by atoms with Crippen molar-refractivity contribution < 1.29 is 4.74 Å². The molecule has 0 radical (unpaired) electrons. The molecule has 5 rings (SSSR count). The van der Waals surface area contributed by atoms with Gasteiger partial charge in [0, 0.05) is 19.0 Å². The van der Waals surface area contributed by atoms with E-state index in [2.05, 4.69) is 43.8 Å². The molecule has 6 heteroatoms. The van der Waals surface area contributed by atoms with Gasteiger partial charge in [0.15, 0.2) is 5.65 Å². The van der Waals surface area contributed by atoms with Crippen LogP contribution in [0.2, 0.25) is 0 Å². The molecule has 146 valence electrons. The molecular weight excluding hydrogens is 350 g/mol. The Balaban J connectivity index is 1.36. The minimum Gasteiger partial charge on any atom is -0.484 e. The van der Waals surface area contributed by atoms with Crippen LogP contribution < -0.4 is 10.5 Å². The van der Waals surface area contributed by atoms with Crippen LogP contribution in [0.4, 0.5) is 0 Å². The van der Waals surface area contributed by atoms with Crippen LogP contribution in [-0.4, -0.2) is 39.1 Å². The summed E-state index contributed by atoms with van der Waals surface area (Å²) in [5.74, 6) is 1.85. The third-order valence-electron chi connectivity index (χ3n) is 6.06. The molecule has 2 N–H and O–H groups in total. The summed E-state index contributed by atoms with van der Waals surface area (Å²) in [4.78, 5) is 2.50. The van der Waals surface area contributed by atoms with Gasteiger partial charge < -0.3 is 15.4 Å². The Bertz CT molecular complexity index is 962. The van der Waals surface area contributed by atoms with E-state index in [-0.39, 0.29) is 12.1 Å². The molecule has 3 heterocycles. The number of benzene rings is 1. The van der Waals surface area contributed by atoms with Crippen LogP contribution in [0.25, 0.3) is 5.65 Å². The first kappa shape index (κ1) is 17.6. The fraction of sp³-hybridized carbons (Fsp3) is 0.455. The highest BCUT2D eigenvalue weighted by molar-refractivity contribution is 5.42. The molecule has 2 aliphatic rings. The molecule has 1 aliphatic heterocycles. The number of nitrogens with two attached hydrogens (primary N) is 1. The first-order valence-corrected chi connectivity index (χ1v) is 10.3. The van der Waals surface area contributed by atoms with Crippen molar-refractivity contribution in [2.75, 3.05) is 19.6 Å². The Morgan fingerprint density at radius 1 is 1.00 bits per heavy atom. The van der Waals surface area contributed by atoms with Crippen molar-refractivity contribution in [2.45, 2.75) is 44.2 Å². The van der Waals surface area contributed by atoms with Crippen LogP contribution >= 0.6 is 0 Å². The molecule has 3 aromatic rings. The number of hydrogen-bond donors (Lipinski definition) is 1. The molecular formula is C22H27N5O. The van der Waals surface area contributed by atoms with Gasteiger partial charge in [0.2, 0.25) is 0 Å². The molecule has 1 aromatic carbocycles. The van der Waals surface area contributed by atoms with Gasteiger partial charge in [-0.25, -0.2) is 0 Å². The molecule has 28 heavy (non-hydrogen) atoms. The minimum atomic E-state index is 0.0398. The maximum absolute atomic E-state index is 6.40. The highest BCUT2D eigenvalue weighted by atomic mass is 16.5. The van der Waals surface area contributed by atoms with Crippen LogP contribution in [0, 0.1) is 0 Å². The average molecular weight is 377 g/mol. The van der Waals surface area contributed by atoms with Crippen molar-refractivity contribution in [1.82, 2.24) is 19.5 Å². The summed E-state index contributed by atoms with van der Waals surface area (Å²) < 4.78 is 8.47. The highest BCUT2D eigenvalue weighted by Crippen LogP contribution is 2.37. The van der Waals surface area contributed by atoms with Gasteiger partial charge in [-0.15, -0.1) is 10.2 Å². The normalized spacial score (nSPS) is 22.5. The van der Waals surface area contributed by atoms with E-state index < -0.39 is 0 Å². The average Bonchev–Trinajstić information content (AvgIpc) is 3.38. The van der Waals surface area contributed by atoms with Gasteiger partial charge in [-0.05, 0) is 62.0 Å². The van der Waals surface area contributed by atoms with E-state index in [0.717, 1.165) is 43.0 Å². The van der Waals surface area contributed by atoms with Gasteiger partial charge in [-0.3, -0.25) is 4.40 Å². The molecule has 1 fully saturated rings. The van der Waals surface area contributed by atoms with E-state index in [9.17, 15) is 0 Å². The predicted molar refractivity (Wildman–Crippen MR) is 108 cm³/mol. The largest absolute Gasteiger partial charge is 0.484 e. The van der Waals surface area contributed by atoms with Crippen LogP contribution in [0.5, 0.6) is 5.75 Å². The molecule has 2 unspecified atom stereocenters. The first-order chi connectivity index (χ1) is 13.8. The Morgan fingerprint density at radius 2 is 1.82 bits per heavy atom. The number of aromatic nitrogens is 3. The number of likely N-dealkylation sites (tertiary alicyclic amines) is 1. The second kappa shape index (κ2) is 7.53. The van der Waals surface area contributed by atoms with Gasteiger partial charge in [-0.1, -0.05) is 24.3 Å². The van der Waals surface area contributed by atoms with E-state index in [0.29, 0.717) is 0 Å². The maximum atomic E-state index is 6.40. The maximum Gasteiger partial charge on any atom is 0.161 e. The third kappa shape index (κ3) is 3.38. The Kier molecular flexibility index (Phi) is 4.74. The standard InChI is InChI=1S/C22H27N5O/c23-19-8-9-20(18-6-2-1-5-17(18)19)28-16-7-10-21-24-25-22(27(21)15-16)11-14-26-12-3-4-13-26/h1-2,5-7,10,15,19-20H,3-4,8-9,11-14,23H2. The van der Waals surface area contributed by atoms with Crippen LogP contribution in [0.15, 0.2) is 42.6 Å². The molecule has 0 bridgehead atoms. The van der Waals surface area contributed by atoms with E-state index in [4.69, 9.17) is 10.5 Å². The van der Waals surface area contributed by atoms with Crippen LogP contribution in [0.3, 0.4) is 0 Å². The zero-order valence-electron chi connectivity index (χ0n) is 16.1. The quantitative estimate of drug-likeness (QED) is 0.739. The Labute approximate surface area is 165 Å². The molecule has 0 amide bonds. The summed E-state index contributed by atoms with van der Waals surface area (Å²) in [7, 11) is 0. The fourth-order valence-electron chi connectivity index (χ4n) is 4.49. The summed E-state index contributed by atoms with van der Waals surface area (Å²) in [6.07, 6.45) is 7.48. The third-order valence-corrected chi connectivity index (χ3v) is 6.06. The number of ether oxygens (including phenoxy) is 1. The van der Waals surface area contributed by atoms with E-state index in [1.54, 1.807) is 0 Å². The van der Waals surface area contributed by atoms with Crippen molar-refractivity contribution in [3.63, 3.8) is 0 Å². The van der Waals surface area contributed by atoms with Gasteiger partial charge in [0.25, 0.3) is 0 Å². The lowest BCUT2D eigenvalue weighted by Gasteiger charge is -2.30. The van der Waals surface area contributed by atoms with Crippen molar-refractivity contribution in [1.29, 1.82) is 0 Å². The smallest absolute Gasteiger partial charge is 0.161 e. The molecule has 1 aliphatic carbocycles. The van der Waals surface area contributed by atoms with Crippen LogP contribution in [-0.2, 0) is 6.42 Å². The number of hydrogen-bond acceptors (Lipinski definition) is 5. The summed E-state index contributed by atoms with van der Waals surface area (Å²) in [6, 6.07) is 12.5. The molecule has 2 aromatic heterocycles. The highest BCUT2D eigenvalue weighted by Gasteiger charge is 2.26. The van der Waals surface area contributed by atoms with E-state index >= 15 is 0 Å². The first-order valence-electron chi connectivity index (χ1n) is 10.3. The monoisotopic (exact) mass is 377 g/mol. The molecule has 0 saturated carbocycles. The fourth-order valence-corrected chi connectivity index (χ4v) is 4.49. The van der Waals surface area contributed by atoms with Gasteiger partial charge in [0.1, 0.15) is 17.7 Å². The molecule has 0 spiro atoms. The second-order valence-corrected chi connectivity index (χ2v) is 7.93. The summed E-state index contributed by atoms with van der Waals surface area (Å²) in [5.41, 5.74) is 9.57. The van der Waals surface area contributed by atoms with Gasteiger partial charge in [0.05, 0.1) is 6.20 Å². The van der Waals surface area contributed by atoms with Crippen molar-refractivity contribution in [3.05, 3.63) is 59.5 Å². The van der Waals surface area contributed by atoms with Crippen molar-refractivity contribution in [2.24, 2.45) is 5.73 Å². The Hall–Kier alpha value is -2.44. The number of fused-ring (bicyclic) bond motifs is 2. The molecule has 6 nitrogen and oxygen atoms in total. The Morgan fingerprint density at radius 3 is 2.68 bits per heavy atom. The second-order valence-electron chi connectivity index (χ2n) is 7.93. The number of nitrogens with zero attached hydrogens (tertiary/aromatic N) is 4. The minimum absolute atomic E-state index is 0.0398. The lowest BCUT2D eigenvalue weighted by Crippen LogP contribution is -2.23. The zero-order valence-corrected chi connectivity index (χ0v) is 16.1. The number of pyridine rings is 1. The number of rotatable bonds is 5. The van der Waals surface area contributed by atoms with Crippen molar-refractivity contribution >= 4 is 5.65 Å². The van der Waals surface area contributed by atoms with Gasteiger partial charge in [-0.2, -0.15) is 0 Å². The van der Waals surface area contributed by atoms with Crippen LogP contribution in [0.1, 0.15) is 54.8 Å². The molecule has 2 atom stereocenters.